The number of nitrogens with zero attached hydrogens (tertiary/aromatic N) is 3. The summed E-state index contributed by atoms with van der Waals surface area (Å²) in [4.78, 5) is 8.73. The molecule has 0 saturated carbocycles. The van der Waals surface area contributed by atoms with Crippen LogP contribution in [-0.4, -0.2) is 34.3 Å². The number of fused-ring (bicyclic) bond motifs is 1. The molecule has 0 saturated heterocycles. The Balaban J connectivity index is 1.89. The highest BCUT2D eigenvalue weighted by atomic mass is 16.5. The molecule has 3 rings (SSSR count). The fourth-order valence-electron chi connectivity index (χ4n) is 2.11. The van der Waals surface area contributed by atoms with Gasteiger partial charge in [0.05, 0.1) is 18.7 Å². The van der Waals surface area contributed by atoms with Gasteiger partial charge in [-0.2, -0.15) is 15.1 Å². The van der Waals surface area contributed by atoms with Crippen LogP contribution in [0.25, 0.3) is 11.0 Å². The van der Waals surface area contributed by atoms with Gasteiger partial charge in [-0.05, 0) is 6.07 Å². The molecule has 7 nitrogen and oxygen atoms in total. The Bertz CT molecular complexity index is 754. The van der Waals surface area contributed by atoms with Crippen LogP contribution in [0, 0.1) is 0 Å². The number of rotatable bonds is 5. The first-order valence-electron chi connectivity index (χ1n) is 6.56. The SMILES string of the molecule is CNc1nc(NCc2ccccc2OC)c2cn[nH]c2n1. The molecule has 0 aliphatic rings. The Morgan fingerprint density at radius 1 is 1.24 bits per heavy atom. The molecule has 0 radical (unpaired) electrons. The predicted molar refractivity (Wildman–Crippen MR) is 81.6 cm³/mol. The highest BCUT2D eigenvalue weighted by molar-refractivity contribution is 5.86. The van der Waals surface area contributed by atoms with Gasteiger partial charge < -0.3 is 15.4 Å². The van der Waals surface area contributed by atoms with Gasteiger partial charge in [-0.25, -0.2) is 0 Å². The van der Waals surface area contributed by atoms with Gasteiger partial charge in [0, 0.05) is 19.2 Å². The number of anilines is 2. The van der Waals surface area contributed by atoms with Gasteiger partial charge in [-0.15, -0.1) is 0 Å². The van der Waals surface area contributed by atoms with Crippen molar-refractivity contribution >= 4 is 22.8 Å². The van der Waals surface area contributed by atoms with Crippen LogP contribution in [0.2, 0.25) is 0 Å². The second kappa shape index (κ2) is 5.66. The van der Waals surface area contributed by atoms with Crippen LogP contribution in [-0.2, 0) is 6.54 Å². The summed E-state index contributed by atoms with van der Waals surface area (Å²) in [7, 11) is 3.44. The molecule has 7 heteroatoms. The third-order valence-electron chi connectivity index (χ3n) is 3.17. The largest absolute Gasteiger partial charge is 0.496 e. The van der Waals surface area contributed by atoms with Crippen LogP contribution in [0.3, 0.4) is 0 Å². The van der Waals surface area contributed by atoms with Crippen molar-refractivity contribution in [1.29, 1.82) is 0 Å². The van der Waals surface area contributed by atoms with Crippen molar-refractivity contribution in [3.63, 3.8) is 0 Å². The number of aromatic nitrogens is 4. The lowest BCUT2D eigenvalue weighted by Gasteiger charge is -2.11. The molecule has 1 aromatic carbocycles. The van der Waals surface area contributed by atoms with Crippen molar-refractivity contribution in [2.24, 2.45) is 0 Å². The van der Waals surface area contributed by atoms with Gasteiger partial charge in [-0.1, -0.05) is 18.2 Å². The topological polar surface area (TPSA) is 87.8 Å². The van der Waals surface area contributed by atoms with E-state index in [9.17, 15) is 0 Å². The lowest BCUT2D eigenvalue weighted by molar-refractivity contribution is 0.410. The van der Waals surface area contributed by atoms with E-state index < -0.39 is 0 Å². The summed E-state index contributed by atoms with van der Waals surface area (Å²) in [6.07, 6.45) is 1.71. The van der Waals surface area contributed by atoms with Crippen LogP contribution in [0.15, 0.2) is 30.5 Å². The van der Waals surface area contributed by atoms with Crippen molar-refractivity contribution in [3.8, 4) is 5.75 Å². The zero-order chi connectivity index (χ0) is 14.7. The van der Waals surface area contributed by atoms with Gasteiger partial charge in [0.1, 0.15) is 11.6 Å². The number of methoxy groups -OCH3 is 1. The molecule has 3 aromatic rings. The molecule has 0 aliphatic heterocycles. The van der Waals surface area contributed by atoms with Crippen LogP contribution in [0.1, 0.15) is 5.56 Å². The molecule has 2 heterocycles. The fraction of sp³-hybridized carbons (Fsp3) is 0.214. The van der Waals surface area contributed by atoms with Gasteiger partial charge in [-0.3, -0.25) is 5.10 Å². The standard InChI is InChI=1S/C14H16N6O/c1-15-14-18-12(10-8-17-20-13(10)19-14)16-7-9-5-3-4-6-11(9)21-2/h3-6,8H,7H2,1-2H3,(H3,15,16,17,18,19,20). The molecule has 2 aromatic heterocycles. The highest BCUT2D eigenvalue weighted by Gasteiger charge is 2.09. The third kappa shape index (κ3) is 2.58. The molecule has 0 aliphatic carbocycles. The monoisotopic (exact) mass is 284 g/mol. The summed E-state index contributed by atoms with van der Waals surface area (Å²) in [6.45, 7) is 0.602. The van der Waals surface area contributed by atoms with E-state index >= 15 is 0 Å². The minimum absolute atomic E-state index is 0.536. The number of H-pyrrole nitrogens is 1. The lowest BCUT2D eigenvalue weighted by Crippen LogP contribution is -2.06. The Kier molecular flexibility index (Phi) is 3.55. The van der Waals surface area contributed by atoms with Crippen molar-refractivity contribution in [2.75, 3.05) is 24.8 Å². The summed E-state index contributed by atoms with van der Waals surface area (Å²) in [5.41, 5.74) is 1.75. The van der Waals surface area contributed by atoms with Crippen molar-refractivity contribution in [1.82, 2.24) is 20.2 Å². The van der Waals surface area contributed by atoms with E-state index in [1.54, 1.807) is 20.4 Å². The maximum atomic E-state index is 5.35. The summed E-state index contributed by atoms with van der Waals surface area (Å²) >= 11 is 0. The fourth-order valence-corrected chi connectivity index (χ4v) is 2.11. The van der Waals surface area contributed by atoms with Gasteiger partial charge in [0.2, 0.25) is 5.95 Å². The number of benzene rings is 1. The van der Waals surface area contributed by atoms with E-state index in [4.69, 9.17) is 4.74 Å². The number of ether oxygens (including phenoxy) is 1. The van der Waals surface area contributed by atoms with E-state index in [0.717, 1.165) is 22.5 Å². The van der Waals surface area contributed by atoms with Crippen LogP contribution in [0.4, 0.5) is 11.8 Å². The van der Waals surface area contributed by atoms with E-state index in [2.05, 4.69) is 30.8 Å². The van der Waals surface area contributed by atoms with E-state index in [0.29, 0.717) is 18.1 Å². The highest BCUT2D eigenvalue weighted by Crippen LogP contribution is 2.22. The summed E-state index contributed by atoms with van der Waals surface area (Å²) in [6, 6.07) is 7.87. The van der Waals surface area contributed by atoms with Crippen LogP contribution in [0.5, 0.6) is 5.75 Å². The first kappa shape index (κ1) is 13.2. The van der Waals surface area contributed by atoms with Crippen LogP contribution >= 0.6 is 0 Å². The number of nitrogens with one attached hydrogen (secondary N) is 3. The molecule has 108 valence electrons. The predicted octanol–water partition coefficient (Wildman–Crippen LogP) is 2.02. The number of aromatic amines is 1. The lowest BCUT2D eigenvalue weighted by atomic mass is 10.2. The zero-order valence-electron chi connectivity index (χ0n) is 11.8. The molecular weight excluding hydrogens is 268 g/mol. The van der Waals surface area contributed by atoms with Crippen molar-refractivity contribution < 1.29 is 4.74 Å². The van der Waals surface area contributed by atoms with Crippen molar-refractivity contribution in [2.45, 2.75) is 6.54 Å². The van der Waals surface area contributed by atoms with E-state index in [1.807, 2.05) is 24.3 Å². The minimum Gasteiger partial charge on any atom is -0.496 e. The summed E-state index contributed by atoms with van der Waals surface area (Å²) < 4.78 is 5.35. The Morgan fingerprint density at radius 2 is 2.10 bits per heavy atom. The molecule has 0 spiro atoms. The first-order valence-corrected chi connectivity index (χ1v) is 6.56. The van der Waals surface area contributed by atoms with Crippen LogP contribution < -0.4 is 15.4 Å². The molecular formula is C14H16N6O. The van der Waals surface area contributed by atoms with E-state index in [1.165, 1.54) is 0 Å². The Hall–Kier alpha value is -2.83. The molecule has 0 amide bonds. The maximum absolute atomic E-state index is 5.35. The summed E-state index contributed by atoms with van der Waals surface area (Å²) in [5.74, 6) is 2.11. The normalized spacial score (nSPS) is 10.6. The average Bonchev–Trinajstić information content (AvgIpc) is 3.01. The summed E-state index contributed by atoms with van der Waals surface area (Å²) in [5, 5.41) is 14.0. The second-order valence-electron chi connectivity index (χ2n) is 4.44. The molecule has 3 N–H and O–H groups in total. The smallest absolute Gasteiger partial charge is 0.226 e. The zero-order valence-corrected chi connectivity index (χ0v) is 11.8. The number of hydrogen-bond donors (Lipinski definition) is 3. The Morgan fingerprint density at radius 3 is 2.90 bits per heavy atom. The minimum atomic E-state index is 0.536. The molecule has 0 bridgehead atoms. The first-order chi connectivity index (χ1) is 10.3. The molecule has 0 unspecified atom stereocenters. The van der Waals surface area contributed by atoms with E-state index in [-0.39, 0.29) is 0 Å². The third-order valence-corrected chi connectivity index (χ3v) is 3.17. The molecule has 0 fully saturated rings. The number of para-hydroxylation sites is 1. The molecule has 0 atom stereocenters. The molecule has 21 heavy (non-hydrogen) atoms. The maximum Gasteiger partial charge on any atom is 0.226 e. The average molecular weight is 284 g/mol. The quantitative estimate of drug-likeness (QED) is 0.664. The van der Waals surface area contributed by atoms with Crippen molar-refractivity contribution in [3.05, 3.63) is 36.0 Å². The number of hydrogen-bond acceptors (Lipinski definition) is 6. The Labute approximate surface area is 121 Å². The van der Waals surface area contributed by atoms with Gasteiger partial charge in [0.15, 0.2) is 5.65 Å². The van der Waals surface area contributed by atoms with Gasteiger partial charge >= 0.3 is 0 Å². The second-order valence-corrected chi connectivity index (χ2v) is 4.44. The van der Waals surface area contributed by atoms with Gasteiger partial charge in [0.25, 0.3) is 0 Å².